The Morgan fingerprint density at radius 1 is 1.32 bits per heavy atom. The third-order valence-electron chi connectivity index (χ3n) is 4.15. The predicted octanol–water partition coefficient (Wildman–Crippen LogP) is 2.53. The van der Waals surface area contributed by atoms with Gasteiger partial charge in [0, 0.05) is 13.1 Å². The molecule has 5 nitrogen and oxygen atoms in total. The summed E-state index contributed by atoms with van der Waals surface area (Å²) in [7, 11) is 1.75. The monoisotopic (exact) mass is 280 g/mol. The Hall–Kier alpha value is -1.36. The molecule has 1 aliphatic rings. The van der Waals surface area contributed by atoms with E-state index in [1.807, 2.05) is 0 Å². The van der Waals surface area contributed by atoms with Crippen LogP contribution in [0, 0.1) is 5.92 Å². The van der Waals surface area contributed by atoms with Crippen molar-refractivity contribution in [2.75, 3.05) is 0 Å². The van der Waals surface area contributed by atoms with Crippen molar-refractivity contribution in [3.05, 3.63) is 22.0 Å². The van der Waals surface area contributed by atoms with Crippen LogP contribution in [0.5, 0.6) is 0 Å². The fourth-order valence-corrected chi connectivity index (χ4v) is 3.07. The summed E-state index contributed by atoms with van der Waals surface area (Å²) in [5.41, 5.74) is 1.38. The summed E-state index contributed by atoms with van der Waals surface area (Å²) in [4.78, 5) is 20.6. The van der Waals surface area contributed by atoms with Crippen molar-refractivity contribution in [2.24, 2.45) is 13.0 Å². The summed E-state index contributed by atoms with van der Waals surface area (Å²) >= 11 is 5.87. The molecule has 2 heterocycles. The summed E-state index contributed by atoms with van der Waals surface area (Å²) in [5.74, 6) is 0.750. The van der Waals surface area contributed by atoms with Crippen LogP contribution >= 0.6 is 11.6 Å². The minimum absolute atomic E-state index is 0.0221. The van der Waals surface area contributed by atoms with E-state index < -0.39 is 0 Å². The van der Waals surface area contributed by atoms with Gasteiger partial charge in [-0.25, -0.2) is 9.78 Å². The molecule has 0 atom stereocenters. The number of halogens is 1. The number of imidazole rings is 1. The van der Waals surface area contributed by atoms with Gasteiger partial charge in [0.1, 0.15) is 5.52 Å². The number of rotatable bonds is 1. The maximum atomic E-state index is 12.4. The quantitative estimate of drug-likeness (QED) is 0.754. The maximum Gasteiger partial charge on any atom is 0.330 e. The summed E-state index contributed by atoms with van der Waals surface area (Å²) < 4.78 is 3.40. The third-order valence-corrected chi connectivity index (χ3v) is 4.34. The minimum atomic E-state index is -0.0221. The summed E-state index contributed by atoms with van der Waals surface area (Å²) in [6.07, 6.45) is 6.00. The van der Waals surface area contributed by atoms with Crippen LogP contribution in [-0.4, -0.2) is 19.1 Å². The molecule has 0 aliphatic heterocycles. The van der Waals surface area contributed by atoms with Gasteiger partial charge < -0.3 is 0 Å². The number of aromatic nitrogens is 4. The maximum absolute atomic E-state index is 12.4. The smallest absolute Gasteiger partial charge is 0.292 e. The highest BCUT2D eigenvalue weighted by molar-refractivity contribution is 6.28. The van der Waals surface area contributed by atoms with E-state index in [0.29, 0.717) is 5.65 Å². The van der Waals surface area contributed by atoms with Crippen LogP contribution < -0.4 is 5.69 Å². The Balaban J connectivity index is 2.15. The second-order valence-corrected chi connectivity index (χ2v) is 5.81. The first-order chi connectivity index (χ1) is 9.08. The van der Waals surface area contributed by atoms with Crippen LogP contribution in [0.4, 0.5) is 0 Å². The molecule has 0 spiro atoms. The van der Waals surface area contributed by atoms with Crippen molar-refractivity contribution < 1.29 is 0 Å². The van der Waals surface area contributed by atoms with E-state index >= 15 is 0 Å². The van der Waals surface area contributed by atoms with Crippen molar-refractivity contribution in [3.63, 3.8) is 0 Å². The Labute approximate surface area is 116 Å². The lowest BCUT2D eigenvalue weighted by Gasteiger charge is -2.26. The zero-order valence-electron chi connectivity index (χ0n) is 11.1. The van der Waals surface area contributed by atoms with Gasteiger partial charge in [-0.1, -0.05) is 6.92 Å². The molecule has 0 amide bonds. The molecular formula is C13H17ClN4O. The van der Waals surface area contributed by atoms with E-state index in [2.05, 4.69) is 16.9 Å². The molecule has 0 aromatic carbocycles. The lowest BCUT2D eigenvalue weighted by Crippen LogP contribution is -2.28. The average Bonchev–Trinajstić information content (AvgIpc) is 2.63. The zero-order valence-corrected chi connectivity index (χ0v) is 11.9. The molecule has 6 heteroatoms. The van der Waals surface area contributed by atoms with Crippen LogP contribution in [0.2, 0.25) is 5.28 Å². The molecule has 102 valence electrons. The molecule has 19 heavy (non-hydrogen) atoms. The number of hydrogen-bond acceptors (Lipinski definition) is 3. The molecule has 1 fully saturated rings. The first kappa shape index (κ1) is 12.7. The Kier molecular flexibility index (Phi) is 3.09. The van der Waals surface area contributed by atoms with Crippen molar-refractivity contribution in [3.8, 4) is 0 Å². The molecule has 2 aromatic heterocycles. The van der Waals surface area contributed by atoms with Gasteiger partial charge in [-0.3, -0.25) is 9.13 Å². The molecule has 0 bridgehead atoms. The van der Waals surface area contributed by atoms with Gasteiger partial charge in [0.15, 0.2) is 5.65 Å². The number of hydrogen-bond donors (Lipinski definition) is 0. The van der Waals surface area contributed by atoms with Crippen molar-refractivity contribution in [1.82, 2.24) is 19.1 Å². The number of fused-ring (bicyclic) bond motifs is 1. The molecule has 0 saturated heterocycles. The zero-order chi connectivity index (χ0) is 13.6. The van der Waals surface area contributed by atoms with Gasteiger partial charge in [-0.05, 0) is 43.2 Å². The van der Waals surface area contributed by atoms with E-state index in [9.17, 15) is 4.79 Å². The largest absolute Gasteiger partial charge is 0.330 e. The fraction of sp³-hybridized carbons (Fsp3) is 0.615. The van der Waals surface area contributed by atoms with Gasteiger partial charge >= 0.3 is 5.69 Å². The second-order valence-electron chi connectivity index (χ2n) is 5.47. The number of aryl methyl sites for hydroxylation is 1. The van der Waals surface area contributed by atoms with Crippen LogP contribution in [0.1, 0.15) is 38.6 Å². The molecule has 0 N–H and O–H groups in total. The lowest BCUT2D eigenvalue weighted by atomic mass is 9.87. The molecule has 1 aliphatic carbocycles. The standard InChI is InChI=1S/C13H17ClN4O/c1-8-3-5-9(6-4-8)18-11-10(17(2)13(18)19)7-15-12(14)16-11/h7-9H,3-6H2,1-2H3. The minimum Gasteiger partial charge on any atom is -0.292 e. The second kappa shape index (κ2) is 4.63. The molecule has 0 unspecified atom stereocenters. The highest BCUT2D eigenvalue weighted by atomic mass is 35.5. The highest BCUT2D eigenvalue weighted by Crippen LogP contribution is 2.32. The lowest BCUT2D eigenvalue weighted by molar-refractivity contribution is 0.288. The van der Waals surface area contributed by atoms with E-state index in [0.717, 1.165) is 37.1 Å². The van der Waals surface area contributed by atoms with Crippen molar-refractivity contribution in [1.29, 1.82) is 0 Å². The SMILES string of the molecule is CC1CCC(n2c(=O)n(C)c3cnc(Cl)nc32)CC1. The van der Waals surface area contributed by atoms with Crippen LogP contribution in [0.25, 0.3) is 11.2 Å². The highest BCUT2D eigenvalue weighted by Gasteiger charge is 2.24. The van der Waals surface area contributed by atoms with Gasteiger partial charge in [0.25, 0.3) is 0 Å². The van der Waals surface area contributed by atoms with Crippen LogP contribution in [-0.2, 0) is 7.05 Å². The molecule has 3 rings (SSSR count). The van der Waals surface area contributed by atoms with Gasteiger partial charge in [0.2, 0.25) is 5.28 Å². The van der Waals surface area contributed by atoms with Gasteiger partial charge in [-0.15, -0.1) is 0 Å². The third kappa shape index (κ3) is 2.06. The first-order valence-electron chi connectivity index (χ1n) is 6.67. The molecule has 1 saturated carbocycles. The fourth-order valence-electron chi connectivity index (χ4n) is 2.94. The predicted molar refractivity (Wildman–Crippen MR) is 74.4 cm³/mol. The first-order valence-corrected chi connectivity index (χ1v) is 7.05. The van der Waals surface area contributed by atoms with Crippen LogP contribution in [0.15, 0.2) is 11.0 Å². The Bertz CT molecular complexity index is 667. The Morgan fingerprint density at radius 3 is 2.68 bits per heavy atom. The van der Waals surface area contributed by atoms with E-state index in [4.69, 9.17) is 11.6 Å². The van der Waals surface area contributed by atoms with Crippen molar-refractivity contribution in [2.45, 2.75) is 38.6 Å². The normalized spacial score (nSPS) is 23.9. The summed E-state index contributed by atoms with van der Waals surface area (Å²) in [6.45, 7) is 2.27. The molecular weight excluding hydrogens is 264 g/mol. The summed E-state index contributed by atoms with van der Waals surface area (Å²) in [5, 5.41) is 0.191. The van der Waals surface area contributed by atoms with Crippen molar-refractivity contribution >= 4 is 22.8 Å². The van der Waals surface area contributed by atoms with Gasteiger partial charge in [0.05, 0.1) is 6.20 Å². The molecule has 0 radical (unpaired) electrons. The Morgan fingerprint density at radius 2 is 2.00 bits per heavy atom. The van der Waals surface area contributed by atoms with Gasteiger partial charge in [-0.2, -0.15) is 4.98 Å². The van der Waals surface area contributed by atoms with Crippen LogP contribution in [0.3, 0.4) is 0 Å². The van der Waals surface area contributed by atoms with E-state index in [-0.39, 0.29) is 17.0 Å². The average molecular weight is 281 g/mol. The topological polar surface area (TPSA) is 52.7 Å². The molecule has 2 aromatic rings. The summed E-state index contributed by atoms with van der Waals surface area (Å²) in [6, 6.07) is 0.235. The van der Waals surface area contributed by atoms with E-state index in [1.165, 1.54) is 0 Å². The number of nitrogens with zero attached hydrogens (tertiary/aromatic N) is 4. The van der Waals surface area contributed by atoms with E-state index in [1.54, 1.807) is 22.4 Å².